The van der Waals surface area contributed by atoms with Gasteiger partial charge in [0, 0.05) is 5.69 Å². The van der Waals surface area contributed by atoms with Crippen LogP contribution in [0.2, 0.25) is 0 Å². The summed E-state index contributed by atoms with van der Waals surface area (Å²) in [7, 11) is 2.22. The Hall–Kier alpha value is -1.02. The second-order valence-corrected chi connectivity index (χ2v) is 5.00. The van der Waals surface area contributed by atoms with E-state index in [0.29, 0.717) is 0 Å². The molecule has 2 N–H and O–H groups in total. The Bertz CT molecular complexity index is 335. The monoisotopic (exact) mass is 218 g/mol. The number of nitrogens with two attached hydrogens (primary N) is 1. The van der Waals surface area contributed by atoms with Gasteiger partial charge in [0.15, 0.2) is 0 Å². The van der Waals surface area contributed by atoms with Crippen LogP contribution in [-0.4, -0.2) is 25.0 Å². The third-order valence-corrected chi connectivity index (χ3v) is 3.63. The molecule has 16 heavy (non-hydrogen) atoms. The Kier molecular flexibility index (Phi) is 3.83. The molecule has 0 radical (unpaired) electrons. The molecule has 2 heteroatoms. The standard InChI is InChI=1S/C14H22N2/c1-16-9-4-5-12(8-10-16)11-13-6-2-3-7-14(13)15/h2-3,6-7,12H,4-5,8-11,15H2,1H3. The Morgan fingerprint density at radius 1 is 1.25 bits per heavy atom. The second-order valence-electron chi connectivity index (χ2n) is 5.00. The molecule has 0 spiro atoms. The van der Waals surface area contributed by atoms with E-state index < -0.39 is 0 Å². The highest BCUT2D eigenvalue weighted by Gasteiger charge is 2.15. The first kappa shape index (κ1) is 11.5. The van der Waals surface area contributed by atoms with Crippen LogP contribution >= 0.6 is 0 Å². The minimum atomic E-state index is 0.814. The molecule has 2 nitrogen and oxygen atoms in total. The summed E-state index contributed by atoms with van der Waals surface area (Å²) in [5, 5.41) is 0. The summed E-state index contributed by atoms with van der Waals surface area (Å²) < 4.78 is 0. The van der Waals surface area contributed by atoms with Gasteiger partial charge in [0.25, 0.3) is 0 Å². The molecule has 1 aliphatic rings. The maximum absolute atomic E-state index is 5.99. The third-order valence-electron chi connectivity index (χ3n) is 3.63. The van der Waals surface area contributed by atoms with E-state index in [1.165, 1.54) is 37.9 Å². The Labute approximate surface area is 98.4 Å². The maximum atomic E-state index is 5.99. The van der Waals surface area contributed by atoms with Crippen molar-refractivity contribution in [1.29, 1.82) is 0 Å². The molecule has 1 aliphatic heterocycles. The van der Waals surface area contributed by atoms with Crippen LogP contribution < -0.4 is 5.73 Å². The van der Waals surface area contributed by atoms with Crippen molar-refractivity contribution in [3.63, 3.8) is 0 Å². The number of nitrogens with zero attached hydrogens (tertiary/aromatic N) is 1. The van der Waals surface area contributed by atoms with Gasteiger partial charge >= 0.3 is 0 Å². The number of anilines is 1. The highest BCUT2D eigenvalue weighted by atomic mass is 15.1. The molecule has 88 valence electrons. The van der Waals surface area contributed by atoms with Crippen molar-refractivity contribution >= 4 is 5.69 Å². The van der Waals surface area contributed by atoms with Crippen molar-refractivity contribution in [2.24, 2.45) is 5.92 Å². The molecule has 1 unspecified atom stereocenters. The lowest BCUT2D eigenvalue weighted by molar-refractivity contribution is 0.341. The van der Waals surface area contributed by atoms with Gasteiger partial charge in [0.05, 0.1) is 0 Å². The molecule has 1 atom stereocenters. The first-order valence-electron chi connectivity index (χ1n) is 6.27. The minimum absolute atomic E-state index is 0.814. The molecule has 0 bridgehead atoms. The zero-order chi connectivity index (χ0) is 11.4. The first-order valence-corrected chi connectivity index (χ1v) is 6.27. The predicted octanol–water partition coefficient (Wildman–Crippen LogP) is 2.54. The van der Waals surface area contributed by atoms with Crippen molar-refractivity contribution in [2.45, 2.75) is 25.7 Å². The number of benzene rings is 1. The van der Waals surface area contributed by atoms with E-state index in [-0.39, 0.29) is 0 Å². The zero-order valence-corrected chi connectivity index (χ0v) is 10.2. The molecule has 0 saturated carbocycles. The van der Waals surface area contributed by atoms with E-state index in [1.54, 1.807) is 0 Å². The van der Waals surface area contributed by atoms with Crippen LogP contribution in [0.3, 0.4) is 0 Å². The second kappa shape index (κ2) is 5.35. The average molecular weight is 218 g/mol. The summed E-state index contributed by atoms with van der Waals surface area (Å²) in [6.07, 6.45) is 5.14. The molecule has 2 rings (SSSR count). The summed E-state index contributed by atoms with van der Waals surface area (Å²) in [4.78, 5) is 2.44. The number of rotatable bonds is 2. The fourth-order valence-electron chi connectivity index (χ4n) is 2.54. The zero-order valence-electron chi connectivity index (χ0n) is 10.2. The number of hydrogen-bond acceptors (Lipinski definition) is 2. The quantitative estimate of drug-likeness (QED) is 0.773. The van der Waals surface area contributed by atoms with E-state index in [2.05, 4.69) is 24.1 Å². The van der Waals surface area contributed by atoms with Crippen LogP contribution in [-0.2, 0) is 6.42 Å². The molecule has 1 saturated heterocycles. The van der Waals surface area contributed by atoms with Crippen molar-refractivity contribution in [1.82, 2.24) is 4.90 Å². The molecule has 1 aromatic carbocycles. The minimum Gasteiger partial charge on any atom is -0.399 e. The van der Waals surface area contributed by atoms with E-state index in [0.717, 1.165) is 18.0 Å². The van der Waals surface area contributed by atoms with E-state index >= 15 is 0 Å². The van der Waals surface area contributed by atoms with Gasteiger partial charge in [-0.2, -0.15) is 0 Å². The molecule has 0 aliphatic carbocycles. The molecule has 1 heterocycles. The molecule has 0 aromatic heterocycles. The summed E-state index contributed by atoms with van der Waals surface area (Å²) in [6, 6.07) is 8.29. The van der Waals surface area contributed by atoms with E-state index in [1.807, 2.05) is 12.1 Å². The van der Waals surface area contributed by atoms with Gasteiger partial charge in [-0.1, -0.05) is 18.2 Å². The van der Waals surface area contributed by atoms with Crippen molar-refractivity contribution in [3.05, 3.63) is 29.8 Å². The highest BCUT2D eigenvalue weighted by molar-refractivity contribution is 5.46. The normalized spacial score (nSPS) is 22.9. The lowest BCUT2D eigenvalue weighted by Crippen LogP contribution is -2.19. The highest BCUT2D eigenvalue weighted by Crippen LogP contribution is 2.23. The largest absolute Gasteiger partial charge is 0.399 e. The van der Waals surface area contributed by atoms with E-state index in [4.69, 9.17) is 5.73 Å². The Morgan fingerprint density at radius 3 is 2.88 bits per heavy atom. The third kappa shape index (κ3) is 2.99. The van der Waals surface area contributed by atoms with Crippen LogP contribution in [0.5, 0.6) is 0 Å². The van der Waals surface area contributed by atoms with Gasteiger partial charge in [-0.05, 0) is 63.4 Å². The molecular formula is C14H22N2. The van der Waals surface area contributed by atoms with Crippen LogP contribution in [0.25, 0.3) is 0 Å². The Morgan fingerprint density at radius 2 is 2.06 bits per heavy atom. The van der Waals surface area contributed by atoms with Crippen LogP contribution in [0, 0.1) is 5.92 Å². The smallest absolute Gasteiger partial charge is 0.0346 e. The van der Waals surface area contributed by atoms with Gasteiger partial charge in [0.2, 0.25) is 0 Å². The van der Waals surface area contributed by atoms with Crippen LogP contribution in [0.1, 0.15) is 24.8 Å². The average Bonchev–Trinajstić information content (AvgIpc) is 2.47. The number of para-hydroxylation sites is 1. The predicted molar refractivity (Wildman–Crippen MR) is 69.4 cm³/mol. The van der Waals surface area contributed by atoms with Crippen molar-refractivity contribution < 1.29 is 0 Å². The fraction of sp³-hybridized carbons (Fsp3) is 0.571. The van der Waals surface area contributed by atoms with Crippen molar-refractivity contribution in [2.75, 3.05) is 25.9 Å². The topological polar surface area (TPSA) is 29.3 Å². The Balaban J connectivity index is 1.96. The summed E-state index contributed by atoms with van der Waals surface area (Å²) in [6.45, 7) is 2.48. The van der Waals surface area contributed by atoms with Crippen molar-refractivity contribution in [3.8, 4) is 0 Å². The number of hydrogen-bond donors (Lipinski definition) is 1. The summed E-state index contributed by atoms with van der Waals surface area (Å²) in [5.74, 6) is 0.814. The van der Waals surface area contributed by atoms with E-state index in [9.17, 15) is 0 Å². The molecule has 1 fully saturated rings. The lowest BCUT2D eigenvalue weighted by atomic mass is 9.92. The van der Waals surface area contributed by atoms with Gasteiger partial charge in [-0.25, -0.2) is 0 Å². The molecule has 0 amide bonds. The number of nitrogen functional groups attached to an aromatic ring is 1. The summed E-state index contributed by atoms with van der Waals surface area (Å²) >= 11 is 0. The number of likely N-dealkylation sites (tertiary alicyclic amines) is 1. The van der Waals surface area contributed by atoms with Gasteiger partial charge in [-0.3, -0.25) is 0 Å². The van der Waals surface area contributed by atoms with Crippen LogP contribution in [0.15, 0.2) is 24.3 Å². The van der Waals surface area contributed by atoms with Gasteiger partial charge in [0.1, 0.15) is 0 Å². The fourth-order valence-corrected chi connectivity index (χ4v) is 2.54. The lowest BCUT2D eigenvalue weighted by Gasteiger charge is -2.15. The SMILES string of the molecule is CN1CCCC(Cc2ccccc2N)CC1. The van der Waals surface area contributed by atoms with Crippen LogP contribution in [0.4, 0.5) is 5.69 Å². The summed E-state index contributed by atoms with van der Waals surface area (Å²) in [5.41, 5.74) is 8.28. The van der Waals surface area contributed by atoms with Gasteiger partial charge < -0.3 is 10.6 Å². The molecular weight excluding hydrogens is 196 g/mol. The van der Waals surface area contributed by atoms with Gasteiger partial charge in [-0.15, -0.1) is 0 Å². The maximum Gasteiger partial charge on any atom is 0.0346 e. The first-order chi connectivity index (χ1) is 7.75. The molecule has 1 aromatic rings.